The Labute approximate surface area is 221 Å². The number of aryl methyl sites for hydroxylation is 1. The quantitative estimate of drug-likeness (QED) is 0.407. The first-order chi connectivity index (χ1) is 17.1. The summed E-state index contributed by atoms with van der Waals surface area (Å²) in [4.78, 5) is 4.48. The fourth-order valence-electron chi connectivity index (χ4n) is 4.19. The van der Waals surface area contributed by atoms with Crippen LogP contribution in [0.3, 0.4) is 0 Å². The van der Waals surface area contributed by atoms with Gasteiger partial charge in [-0.15, -0.1) is 0 Å². The van der Waals surface area contributed by atoms with Crippen molar-refractivity contribution in [1.82, 2.24) is 9.29 Å². The van der Waals surface area contributed by atoms with Crippen molar-refractivity contribution in [3.63, 3.8) is 0 Å². The Bertz CT molecular complexity index is 1470. The maximum Gasteiger partial charge on any atom is 0.267 e. The van der Waals surface area contributed by atoms with Crippen molar-refractivity contribution < 1.29 is 21.6 Å². The van der Waals surface area contributed by atoms with Crippen molar-refractivity contribution in [1.29, 1.82) is 0 Å². The lowest BCUT2D eigenvalue weighted by Gasteiger charge is -2.38. The van der Waals surface area contributed by atoms with E-state index in [1.807, 2.05) is 0 Å². The van der Waals surface area contributed by atoms with E-state index in [1.165, 1.54) is 46.1 Å². The molecule has 2 aromatic carbocycles. The summed E-state index contributed by atoms with van der Waals surface area (Å²) in [7, 11) is -6.47. The monoisotopic (exact) mass is 569 g/mol. The lowest BCUT2D eigenvalue weighted by atomic mass is 10.1. The third-order valence-electron chi connectivity index (χ3n) is 5.99. The predicted octanol–water partition coefficient (Wildman–Crippen LogP) is 4.75. The highest BCUT2D eigenvalue weighted by Crippen LogP contribution is 2.34. The van der Waals surface area contributed by atoms with Crippen molar-refractivity contribution in [2.45, 2.75) is 35.6 Å². The lowest BCUT2D eigenvalue weighted by molar-refractivity contribution is 0.320. The first-order valence-electron chi connectivity index (χ1n) is 11.1. The summed E-state index contributed by atoms with van der Waals surface area (Å²) < 4.78 is 61.8. The maximum atomic E-state index is 13.8. The van der Waals surface area contributed by atoms with Crippen LogP contribution < -0.4 is 9.04 Å². The van der Waals surface area contributed by atoms with E-state index in [1.54, 1.807) is 37.3 Å². The minimum atomic E-state index is -4.08. The number of hydrogen-bond acceptors (Lipinski definition) is 6. The molecule has 1 fully saturated rings. The number of rotatable bonds is 7. The van der Waals surface area contributed by atoms with Crippen molar-refractivity contribution in [2.75, 3.05) is 24.5 Å². The number of sulfonamides is 2. The van der Waals surface area contributed by atoms with Crippen LogP contribution in [0.4, 0.5) is 5.82 Å². The molecular weight excluding hydrogens is 545 g/mol. The smallest absolute Gasteiger partial charge is 0.267 e. The highest BCUT2D eigenvalue weighted by atomic mass is 35.5. The molecule has 0 bridgehead atoms. The molecule has 0 unspecified atom stereocenters. The van der Waals surface area contributed by atoms with Crippen molar-refractivity contribution in [3.05, 3.63) is 76.4 Å². The SMILES string of the molecule is COc1ccc(S(=O)(=O)N2CCC(N(c3cccc(C)n3)S(=O)(=O)c3ccccc3Cl)CC2)cc1Cl. The molecule has 3 aromatic rings. The summed E-state index contributed by atoms with van der Waals surface area (Å²) in [5.74, 6) is 0.638. The molecule has 192 valence electrons. The Balaban J connectivity index is 1.64. The summed E-state index contributed by atoms with van der Waals surface area (Å²) in [6, 6.07) is 15.2. The molecular formula is C24H25Cl2N3O5S2. The van der Waals surface area contributed by atoms with Gasteiger partial charge in [-0.05, 0) is 62.2 Å². The zero-order valence-electron chi connectivity index (χ0n) is 19.6. The molecule has 12 heteroatoms. The largest absolute Gasteiger partial charge is 0.495 e. The first-order valence-corrected chi connectivity index (χ1v) is 14.8. The van der Waals surface area contributed by atoms with Gasteiger partial charge in [-0.3, -0.25) is 0 Å². The molecule has 0 atom stereocenters. The molecule has 0 saturated carbocycles. The number of ether oxygens (including phenoxy) is 1. The van der Waals surface area contributed by atoms with Gasteiger partial charge >= 0.3 is 0 Å². The highest BCUT2D eigenvalue weighted by Gasteiger charge is 2.38. The molecule has 1 aromatic heterocycles. The third kappa shape index (κ3) is 5.19. The van der Waals surface area contributed by atoms with Crippen LogP contribution in [0.1, 0.15) is 18.5 Å². The Kier molecular flexibility index (Phi) is 7.82. The van der Waals surface area contributed by atoms with Crippen LogP contribution in [0.5, 0.6) is 5.75 Å². The molecule has 0 spiro atoms. The van der Waals surface area contributed by atoms with E-state index < -0.39 is 26.1 Å². The molecule has 0 amide bonds. The van der Waals surface area contributed by atoms with Crippen LogP contribution in [-0.4, -0.2) is 52.4 Å². The second kappa shape index (κ2) is 10.5. The van der Waals surface area contributed by atoms with Gasteiger partial charge in [0.05, 0.1) is 22.1 Å². The number of nitrogens with zero attached hydrogens (tertiary/aromatic N) is 3. The van der Waals surface area contributed by atoms with Crippen LogP contribution in [0.2, 0.25) is 10.0 Å². The third-order valence-corrected chi connectivity index (χ3v) is 10.5. The van der Waals surface area contributed by atoms with Crippen molar-refractivity contribution in [3.8, 4) is 5.75 Å². The van der Waals surface area contributed by atoms with Gasteiger partial charge in [-0.2, -0.15) is 4.31 Å². The van der Waals surface area contributed by atoms with Gasteiger partial charge in [-0.25, -0.2) is 26.1 Å². The van der Waals surface area contributed by atoms with E-state index >= 15 is 0 Å². The fourth-order valence-corrected chi connectivity index (χ4v) is 8.17. The number of halogens is 2. The summed E-state index contributed by atoms with van der Waals surface area (Å²) in [6.45, 7) is 2.02. The van der Waals surface area contributed by atoms with Crippen LogP contribution in [0.25, 0.3) is 0 Å². The predicted molar refractivity (Wildman–Crippen MR) is 140 cm³/mol. The number of pyridine rings is 1. The zero-order chi connectivity index (χ0) is 26.1. The molecule has 1 saturated heterocycles. The van der Waals surface area contributed by atoms with Gasteiger partial charge in [0.1, 0.15) is 16.5 Å². The van der Waals surface area contributed by atoms with E-state index in [0.29, 0.717) is 11.4 Å². The normalized spacial score (nSPS) is 15.6. The Morgan fingerprint density at radius 1 is 0.944 bits per heavy atom. The van der Waals surface area contributed by atoms with E-state index in [2.05, 4.69) is 4.98 Å². The molecule has 1 aliphatic heterocycles. The molecule has 2 heterocycles. The molecule has 4 rings (SSSR count). The Morgan fingerprint density at radius 2 is 1.64 bits per heavy atom. The molecule has 0 aliphatic carbocycles. The van der Waals surface area contributed by atoms with E-state index in [0.717, 1.165) is 0 Å². The Hall–Kier alpha value is -2.37. The second-order valence-electron chi connectivity index (χ2n) is 8.30. The van der Waals surface area contributed by atoms with Gasteiger partial charge in [0.15, 0.2) is 0 Å². The summed E-state index contributed by atoms with van der Waals surface area (Å²) in [5, 5.41) is 0.294. The van der Waals surface area contributed by atoms with Gasteiger partial charge < -0.3 is 4.74 Å². The van der Waals surface area contributed by atoms with Crippen LogP contribution in [-0.2, 0) is 20.0 Å². The zero-order valence-corrected chi connectivity index (χ0v) is 22.8. The second-order valence-corrected chi connectivity index (χ2v) is 12.8. The minimum absolute atomic E-state index is 0.0297. The molecule has 1 aliphatic rings. The van der Waals surface area contributed by atoms with Gasteiger partial charge in [0.25, 0.3) is 10.0 Å². The van der Waals surface area contributed by atoms with Crippen molar-refractivity contribution in [2.24, 2.45) is 0 Å². The number of hydrogen-bond donors (Lipinski definition) is 0. The minimum Gasteiger partial charge on any atom is -0.495 e. The van der Waals surface area contributed by atoms with Crippen LogP contribution in [0.15, 0.2) is 70.5 Å². The fraction of sp³-hybridized carbons (Fsp3) is 0.292. The molecule has 36 heavy (non-hydrogen) atoms. The topological polar surface area (TPSA) is 96.9 Å². The number of benzene rings is 2. The van der Waals surface area contributed by atoms with Gasteiger partial charge in [0, 0.05) is 24.8 Å². The van der Waals surface area contributed by atoms with E-state index in [-0.39, 0.29) is 51.6 Å². The molecule has 0 radical (unpaired) electrons. The average Bonchev–Trinajstić information content (AvgIpc) is 2.84. The molecule has 0 N–H and O–H groups in total. The number of anilines is 1. The van der Waals surface area contributed by atoms with Crippen LogP contribution in [0, 0.1) is 6.92 Å². The van der Waals surface area contributed by atoms with Crippen molar-refractivity contribution >= 4 is 49.1 Å². The average molecular weight is 571 g/mol. The first kappa shape index (κ1) is 26.7. The number of methoxy groups -OCH3 is 1. The summed E-state index contributed by atoms with van der Waals surface area (Å²) in [6.07, 6.45) is 0.533. The van der Waals surface area contributed by atoms with E-state index in [9.17, 15) is 16.8 Å². The summed E-state index contributed by atoms with van der Waals surface area (Å²) >= 11 is 12.4. The lowest BCUT2D eigenvalue weighted by Crippen LogP contribution is -2.49. The number of aromatic nitrogens is 1. The maximum absolute atomic E-state index is 13.8. The van der Waals surface area contributed by atoms with Gasteiger partial charge in [-0.1, -0.05) is 41.4 Å². The standard InChI is InChI=1S/C24H25Cl2N3O5S2/c1-17-6-5-9-24(27-17)29(36(32,33)23-8-4-3-7-20(23)25)18-12-14-28(15-13-18)35(30,31)19-10-11-22(34-2)21(26)16-19/h3-11,16,18H,12-15H2,1-2H3. The summed E-state index contributed by atoms with van der Waals surface area (Å²) in [5.41, 5.74) is 0.656. The highest BCUT2D eigenvalue weighted by molar-refractivity contribution is 7.93. The number of piperidine rings is 1. The van der Waals surface area contributed by atoms with E-state index in [4.69, 9.17) is 27.9 Å². The van der Waals surface area contributed by atoms with Gasteiger partial charge in [0.2, 0.25) is 10.0 Å². The molecule has 8 nitrogen and oxygen atoms in total. The Morgan fingerprint density at radius 3 is 2.25 bits per heavy atom. The van der Waals surface area contributed by atoms with Crippen LogP contribution >= 0.6 is 23.2 Å².